The molecule has 0 atom stereocenters. The molecule has 6 nitrogen and oxygen atoms in total. The monoisotopic (exact) mass is 525 g/mol. The molecule has 0 aliphatic carbocycles. The van der Waals surface area contributed by atoms with Crippen LogP contribution in [0.25, 0.3) is 0 Å². The molecule has 2 aliphatic heterocycles. The number of nitriles is 1. The van der Waals surface area contributed by atoms with Crippen LogP contribution in [0.2, 0.25) is 0 Å². The number of carbonyl (C=O) groups excluding carboxylic acids is 1. The van der Waals surface area contributed by atoms with Crippen molar-refractivity contribution in [2.45, 2.75) is 25.7 Å². The number of esters is 1. The van der Waals surface area contributed by atoms with Crippen LogP contribution in [0.3, 0.4) is 0 Å². The standard InChI is InChI=1S/C27H32BrN3O3/c1-33-27(32)26-7-6-25(16-22(26)17-29)31-14-10-21(11-15-31)19-34-18-20-8-12-30(13-9-20)24-4-2-23(28)3-5-24/h2-7,16,20-21H,8-15,18-19H2,1H3. The van der Waals surface area contributed by atoms with Gasteiger partial charge in [-0.2, -0.15) is 5.26 Å². The predicted molar refractivity (Wildman–Crippen MR) is 137 cm³/mol. The van der Waals surface area contributed by atoms with Gasteiger partial charge in [0.2, 0.25) is 0 Å². The highest BCUT2D eigenvalue weighted by Crippen LogP contribution is 2.27. The van der Waals surface area contributed by atoms with E-state index in [1.54, 1.807) is 12.1 Å². The van der Waals surface area contributed by atoms with E-state index in [9.17, 15) is 10.1 Å². The second-order valence-corrected chi connectivity index (χ2v) is 10.1. The van der Waals surface area contributed by atoms with Gasteiger partial charge in [-0.25, -0.2) is 4.79 Å². The van der Waals surface area contributed by atoms with Crippen LogP contribution in [-0.4, -0.2) is 52.5 Å². The first-order chi connectivity index (χ1) is 16.6. The molecule has 0 aromatic heterocycles. The SMILES string of the molecule is COC(=O)c1ccc(N2CCC(COCC3CCN(c4ccc(Br)cc4)CC3)CC2)cc1C#N. The Morgan fingerprint density at radius 1 is 0.941 bits per heavy atom. The molecule has 2 aliphatic rings. The molecule has 7 heteroatoms. The number of anilines is 2. The minimum Gasteiger partial charge on any atom is -0.465 e. The number of hydrogen-bond acceptors (Lipinski definition) is 6. The van der Waals surface area contributed by atoms with E-state index in [1.165, 1.54) is 25.6 Å². The van der Waals surface area contributed by atoms with Gasteiger partial charge in [0.1, 0.15) is 6.07 Å². The lowest BCUT2D eigenvalue weighted by Crippen LogP contribution is -2.36. The number of methoxy groups -OCH3 is 1. The zero-order valence-electron chi connectivity index (χ0n) is 19.7. The van der Waals surface area contributed by atoms with Gasteiger partial charge in [-0.3, -0.25) is 0 Å². The summed E-state index contributed by atoms with van der Waals surface area (Å²) in [6.07, 6.45) is 4.50. The van der Waals surface area contributed by atoms with Gasteiger partial charge >= 0.3 is 5.97 Å². The third-order valence-corrected chi connectivity index (χ3v) is 7.55. The van der Waals surface area contributed by atoms with Crippen molar-refractivity contribution in [1.29, 1.82) is 5.26 Å². The molecule has 0 bridgehead atoms. The van der Waals surface area contributed by atoms with Crippen molar-refractivity contribution in [2.75, 3.05) is 56.3 Å². The van der Waals surface area contributed by atoms with Gasteiger partial charge in [-0.15, -0.1) is 0 Å². The first kappa shape index (κ1) is 24.6. The molecular weight excluding hydrogens is 494 g/mol. The fraction of sp³-hybridized carbons (Fsp3) is 0.481. The minimum absolute atomic E-state index is 0.319. The van der Waals surface area contributed by atoms with Crippen LogP contribution in [0, 0.1) is 23.2 Å². The summed E-state index contributed by atoms with van der Waals surface area (Å²) in [6.45, 7) is 5.73. The number of carbonyl (C=O) groups is 1. The maximum Gasteiger partial charge on any atom is 0.339 e. The summed E-state index contributed by atoms with van der Waals surface area (Å²) < 4.78 is 12.1. The molecule has 2 saturated heterocycles. The molecule has 34 heavy (non-hydrogen) atoms. The molecular formula is C27H32BrN3O3. The summed E-state index contributed by atoms with van der Waals surface area (Å²) in [6, 6.07) is 16.1. The zero-order chi connectivity index (χ0) is 23.9. The number of piperidine rings is 2. The van der Waals surface area contributed by atoms with Crippen LogP contribution >= 0.6 is 15.9 Å². The Balaban J connectivity index is 1.17. The van der Waals surface area contributed by atoms with Gasteiger partial charge in [-0.1, -0.05) is 15.9 Å². The molecule has 0 amide bonds. The molecule has 0 unspecified atom stereocenters. The number of halogens is 1. The largest absolute Gasteiger partial charge is 0.465 e. The third-order valence-electron chi connectivity index (χ3n) is 7.02. The van der Waals surface area contributed by atoms with Crippen molar-refractivity contribution >= 4 is 33.3 Å². The minimum atomic E-state index is -0.474. The molecule has 4 rings (SSSR count). The Labute approximate surface area is 210 Å². The number of rotatable bonds is 7. The second-order valence-electron chi connectivity index (χ2n) is 9.21. The molecule has 2 aromatic carbocycles. The number of hydrogen-bond donors (Lipinski definition) is 0. The molecule has 0 spiro atoms. The first-order valence-electron chi connectivity index (χ1n) is 12.0. The van der Waals surface area contributed by atoms with E-state index in [1.807, 2.05) is 6.07 Å². The topological polar surface area (TPSA) is 65.8 Å². The summed E-state index contributed by atoms with van der Waals surface area (Å²) in [5.74, 6) is 0.742. The van der Waals surface area contributed by atoms with Crippen LogP contribution in [0.15, 0.2) is 46.9 Å². The molecule has 0 radical (unpaired) electrons. The van der Waals surface area contributed by atoms with Crippen molar-refractivity contribution < 1.29 is 14.3 Å². The first-order valence-corrected chi connectivity index (χ1v) is 12.8. The fourth-order valence-corrected chi connectivity index (χ4v) is 5.14. The summed E-state index contributed by atoms with van der Waals surface area (Å²) in [5, 5.41) is 9.42. The van der Waals surface area contributed by atoms with E-state index >= 15 is 0 Å². The number of nitrogens with zero attached hydrogens (tertiary/aromatic N) is 3. The maximum atomic E-state index is 11.8. The molecule has 2 heterocycles. The Morgan fingerprint density at radius 2 is 1.47 bits per heavy atom. The van der Waals surface area contributed by atoms with E-state index in [-0.39, 0.29) is 0 Å². The highest BCUT2D eigenvalue weighted by Gasteiger charge is 2.23. The second kappa shape index (κ2) is 11.7. The lowest BCUT2D eigenvalue weighted by Gasteiger charge is -2.35. The average Bonchev–Trinajstić information content (AvgIpc) is 2.89. The van der Waals surface area contributed by atoms with E-state index in [4.69, 9.17) is 9.47 Å². The van der Waals surface area contributed by atoms with Crippen LogP contribution in [-0.2, 0) is 9.47 Å². The van der Waals surface area contributed by atoms with E-state index in [2.05, 4.69) is 56.1 Å². The highest BCUT2D eigenvalue weighted by molar-refractivity contribution is 9.10. The summed E-state index contributed by atoms with van der Waals surface area (Å²) in [5.41, 5.74) is 2.97. The number of ether oxygens (including phenoxy) is 2. The quantitative estimate of drug-likeness (QED) is 0.459. The van der Waals surface area contributed by atoms with E-state index in [0.29, 0.717) is 23.0 Å². The van der Waals surface area contributed by atoms with Crippen LogP contribution in [0.5, 0.6) is 0 Å². The normalized spacial score (nSPS) is 17.4. The predicted octanol–water partition coefficient (Wildman–Crippen LogP) is 5.26. The summed E-state index contributed by atoms with van der Waals surface area (Å²) in [7, 11) is 1.33. The Hall–Kier alpha value is -2.56. The maximum absolute atomic E-state index is 11.8. The zero-order valence-corrected chi connectivity index (χ0v) is 21.3. The van der Waals surface area contributed by atoms with E-state index in [0.717, 1.165) is 62.4 Å². The van der Waals surface area contributed by atoms with Gasteiger partial charge in [0.25, 0.3) is 0 Å². The molecule has 0 saturated carbocycles. The van der Waals surface area contributed by atoms with Crippen molar-refractivity contribution in [1.82, 2.24) is 0 Å². The van der Waals surface area contributed by atoms with Crippen LogP contribution < -0.4 is 9.80 Å². The lowest BCUT2D eigenvalue weighted by molar-refractivity contribution is 0.0578. The van der Waals surface area contributed by atoms with Crippen molar-refractivity contribution in [3.8, 4) is 6.07 Å². The van der Waals surface area contributed by atoms with Crippen LogP contribution in [0.1, 0.15) is 41.6 Å². The molecule has 0 N–H and O–H groups in total. The smallest absolute Gasteiger partial charge is 0.339 e. The lowest BCUT2D eigenvalue weighted by atomic mass is 9.96. The summed E-state index contributed by atoms with van der Waals surface area (Å²) in [4.78, 5) is 16.6. The van der Waals surface area contributed by atoms with Gasteiger partial charge in [-0.05, 0) is 80.0 Å². The Bertz CT molecular complexity index is 1000. The Kier molecular flexibility index (Phi) is 8.47. The Morgan fingerprint density at radius 3 is 2.00 bits per heavy atom. The highest BCUT2D eigenvalue weighted by atomic mass is 79.9. The van der Waals surface area contributed by atoms with Crippen molar-refractivity contribution in [3.63, 3.8) is 0 Å². The average molecular weight is 526 g/mol. The van der Waals surface area contributed by atoms with Gasteiger partial charge in [0, 0.05) is 55.2 Å². The fourth-order valence-electron chi connectivity index (χ4n) is 4.88. The number of benzene rings is 2. The molecule has 180 valence electrons. The molecule has 2 fully saturated rings. The van der Waals surface area contributed by atoms with Gasteiger partial charge in [0.15, 0.2) is 0 Å². The van der Waals surface area contributed by atoms with Crippen molar-refractivity contribution in [2.24, 2.45) is 11.8 Å². The molecule has 2 aromatic rings. The third kappa shape index (κ3) is 6.11. The van der Waals surface area contributed by atoms with Gasteiger partial charge < -0.3 is 19.3 Å². The summed E-state index contributed by atoms with van der Waals surface area (Å²) >= 11 is 3.51. The van der Waals surface area contributed by atoms with Gasteiger partial charge in [0.05, 0.1) is 18.2 Å². The van der Waals surface area contributed by atoms with E-state index < -0.39 is 5.97 Å². The van der Waals surface area contributed by atoms with Crippen LogP contribution in [0.4, 0.5) is 11.4 Å². The van der Waals surface area contributed by atoms with Crippen molar-refractivity contribution in [3.05, 3.63) is 58.1 Å².